The molecule has 144 valence electrons. The van der Waals surface area contributed by atoms with Crippen molar-refractivity contribution >= 4 is 23.6 Å². The van der Waals surface area contributed by atoms with Crippen LogP contribution in [0.1, 0.15) is 5.56 Å². The quantitative estimate of drug-likeness (QED) is 0.566. The minimum Gasteiger partial charge on any atom is -0.354 e. The largest absolute Gasteiger partial charge is 0.354 e. The van der Waals surface area contributed by atoms with Gasteiger partial charge in [-0.2, -0.15) is 0 Å². The molecule has 1 aromatic carbocycles. The van der Waals surface area contributed by atoms with Crippen molar-refractivity contribution in [2.75, 3.05) is 50.4 Å². The third-order valence-corrected chi connectivity index (χ3v) is 5.50. The number of amides is 2. The van der Waals surface area contributed by atoms with Gasteiger partial charge in [-0.15, -0.1) is 11.8 Å². The molecule has 1 fully saturated rings. The summed E-state index contributed by atoms with van der Waals surface area (Å²) in [5.74, 6) is 1.85. The number of anilines is 1. The lowest BCUT2D eigenvalue weighted by Gasteiger charge is -2.33. The Morgan fingerprint density at radius 3 is 2.56 bits per heavy atom. The number of carbonyl (C=O) groups is 1. The number of hydrogen-bond acceptors (Lipinski definition) is 5. The first-order valence-electron chi connectivity index (χ1n) is 9.29. The van der Waals surface area contributed by atoms with E-state index in [4.69, 9.17) is 0 Å². The molecule has 0 aliphatic carbocycles. The van der Waals surface area contributed by atoms with E-state index in [1.165, 1.54) is 4.90 Å². The zero-order valence-corrected chi connectivity index (χ0v) is 16.5. The van der Waals surface area contributed by atoms with Gasteiger partial charge in [0.25, 0.3) is 0 Å². The van der Waals surface area contributed by atoms with Crippen LogP contribution in [0.2, 0.25) is 0 Å². The molecule has 0 atom stereocenters. The number of piperazine rings is 1. The standard InChI is InChI=1S/C20H27N5OS/c1-24-10-12-25(13-11-24)19-8-7-17(15-22-19)16-23-20(26)21-9-14-27-18-5-3-2-4-6-18/h2-8,15H,9-14,16H2,1H3,(H2,21,23,26). The van der Waals surface area contributed by atoms with Crippen molar-refractivity contribution in [2.24, 2.45) is 0 Å². The van der Waals surface area contributed by atoms with Crippen LogP contribution in [0.4, 0.5) is 10.6 Å². The summed E-state index contributed by atoms with van der Waals surface area (Å²) in [7, 11) is 2.14. The Bertz CT molecular complexity index is 702. The Morgan fingerprint density at radius 2 is 1.85 bits per heavy atom. The van der Waals surface area contributed by atoms with Crippen molar-refractivity contribution in [1.82, 2.24) is 20.5 Å². The number of pyridine rings is 1. The second-order valence-corrected chi connectivity index (χ2v) is 7.75. The van der Waals surface area contributed by atoms with Gasteiger partial charge in [-0.3, -0.25) is 0 Å². The highest BCUT2D eigenvalue weighted by Gasteiger charge is 2.14. The van der Waals surface area contributed by atoms with E-state index in [-0.39, 0.29) is 6.03 Å². The van der Waals surface area contributed by atoms with Crippen LogP contribution in [0, 0.1) is 0 Å². The third-order valence-electron chi connectivity index (χ3n) is 4.49. The summed E-state index contributed by atoms with van der Waals surface area (Å²) >= 11 is 1.73. The van der Waals surface area contributed by atoms with Crippen LogP contribution >= 0.6 is 11.8 Å². The highest BCUT2D eigenvalue weighted by atomic mass is 32.2. The molecule has 2 heterocycles. The first-order chi connectivity index (χ1) is 13.2. The van der Waals surface area contributed by atoms with Crippen molar-refractivity contribution in [2.45, 2.75) is 11.4 Å². The van der Waals surface area contributed by atoms with E-state index in [9.17, 15) is 4.79 Å². The van der Waals surface area contributed by atoms with E-state index in [1.54, 1.807) is 11.8 Å². The van der Waals surface area contributed by atoms with Gasteiger partial charge in [-0.25, -0.2) is 9.78 Å². The molecule has 2 aromatic rings. The van der Waals surface area contributed by atoms with Crippen molar-refractivity contribution in [3.8, 4) is 0 Å². The zero-order valence-electron chi connectivity index (χ0n) is 15.7. The molecule has 0 bridgehead atoms. The number of likely N-dealkylation sites (N-methyl/N-ethyl adjacent to an activating group) is 1. The van der Waals surface area contributed by atoms with Crippen LogP contribution in [0.5, 0.6) is 0 Å². The predicted octanol–water partition coefficient (Wildman–Crippen LogP) is 2.42. The summed E-state index contributed by atoms with van der Waals surface area (Å²) in [4.78, 5) is 22.3. The molecule has 3 rings (SSSR count). The molecular formula is C20H27N5OS. The molecular weight excluding hydrogens is 358 g/mol. The van der Waals surface area contributed by atoms with Crippen molar-refractivity contribution in [1.29, 1.82) is 0 Å². The minimum absolute atomic E-state index is 0.146. The predicted molar refractivity (Wildman–Crippen MR) is 111 cm³/mol. The first kappa shape index (κ1) is 19.5. The van der Waals surface area contributed by atoms with Crippen molar-refractivity contribution in [3.63, 3.8) is 0 Å². The topological polar surface area (TPSA) is 60.5 Å². The molecule has 0 saturated carbocycles. The summed E-state index contributed by atoms with van der Waals surface area (Å²) in [6, 6.07) is 14.1. The average Bonchev–Trinajstić information content (AvgIpc) is 2.71. The van der Waals surface area contributed by atoms with Crippen molar-refractivity contribution < 1.29 is 4.79 Å². The molecule has 1 saturated heterocycles. The van der Waals surface area contributed by atoms with Crippen LogP contribution in [0.3, 0.4) is 0 Å². The third kappa shape index (κ3) is 6.45. The maximum absolute atomic E-state index is 11.9. The maximum atomic E-state index is 11.9. The number of benzene rings is 1. The van der Waals surface area contributed by atoms with Crippen LogP contribution in [-0.4, -0.2) is 61.4 Å². The van der Waals surface area contributed by atoms with Gasteiger partial charge in [0.2, 0.25) is 0 Å². The first-order valence-corrected chi connectivity index (χ1v) is 10.3. The van der Waals surface area contributed by atoms with Gasteiger partial charge in [-0.05, 0) is 30.8 Å². The highest BCUT2D eigenvalue weighted by Crippen LogP contribution is 2.16. The summed E-state index contributed by atoms with van der Waals surface area (Å²) < 4.78 is 0. The van der Waals surface area contributed by atoms with Gasteiger partial charge < -0.3 is 20.4 Å². The smallest absolute Gasteiger partial charge is 0.315 e. The molecule has 2 amide bonds. The fourth-order valence-electron chi connectivity index (χ4n) is 2.84. The van der Waals surface area contributed by atoms with Gasteiger partial charge in [0.1, 0.15) is 5.82 Å². The number of nitrogens with zero attached hydrogens (tertiary/aromatic N) is 3. The zero-order chi connectivity index (χ0) is 18.9. The average molecular weight is 386 g/mol. The van der Waals surface area contributed by atoms with Gasteiger partial charge in [0.15, 0.2) is 0 Å². The van der Waals surface area contributed by atoms with E-state index in [1.807, 2.05) is 36.5 Å². The van der Waals surface area contributed by atoms with E-state index in [0.29, 0.717) is 13.1 Å². The molecule has 27 heavy (non-hydrogen) atoms. The molecule has 1 aliphatic rings. The SMILES string of the molecule is CN1CCN(c2ccc(CNC(=O)NCCSc3ccccc3)cn2)CC1. The lowest BCUT2D eigenvalue weighted by Crippen LogP contribution is -2.44. The second kappa shape index (κ2) is 10.2. The lowest BCUT2D eigenvalue weighted by atomic mass is 10.2. The van der Waals surface area contributed by atoms with Crippen LogP contribution in [0.25, 0.3) is 0 Å². The Hall–Kier alpha value is -2.25. The molecule has 7 heteroatoms. The summed E-state index contributed by atoms with van der Waals surface area (Å²) in [5, 5.41) is 5.77. The molecule has 6 nitrogen and oxygen atoms in total. The van der Waals surface area contributed by atoms with E-state index >= 15 is 0 Å². The Kier molecular flexibility index (Phi) is 7.36. The lowest BCUT2D eigenvalue weighted by molar-refractivity contribution is 0.241. The number of carbonyl (C=O) groups excluding carboxylic acids is 1. The Labute approximate surface area is 165 Å². The summed E-state index contributed by atoms with van der Waals surface area (Å²) in [6.45, 7) is 5.25. The maximum Gasteiger partial charge on any atom is 0.315 e. The molecule has 0 spiro atoms. The Balaban J connectivity index is 1.34. The van der Waals surface area contributed by atoms with Gasteiger partial charge in [0.05, 0.1) is 0 Å². The van der Waals surface area contributed by atoms with Crippen LogP contribution in [-0.2, 0) is 6.54 Å². The normalized spacial score (nSPS) is 14.8. The van der Waals surface area contributed by atoms with Gasteiger partial charge >= 0.3 is 6.03 Å². The number of rotatable bonds is 7. The molecule has 1 aliphatic heterocycles. The van der Waals surface area contributed by atoms with E-state index in [0.717, 1.165) is 43.3 Å². The fraction of sp³-hybridized carbons (Fsp3) is 0.400. The summed E-state index contributed by atoms with van der Waals surface area (Å²) in [5.41, 5.74) is 1.00. The van der Waals surface area contributed by atoms with Gasteiger partial charge in [-0.1, -0.05) is 24.3 Å². The highest BCUT2D eigenvalue weighted by molar-refractivity contribution is 7.99. The number of nitrogens with one attached hydrogen (secondary N) is 2. The van der Waals surface area contributed by atoms with Crippen LogP contribution < -0.4 is 15.5 Å². The monoisotopic (exact) mass is 385 g/mol. The molecule has 0 radical (unpaired) electrons. The van der Waals surface area contributed by atoms with Gasteiger partial charge in [0, 0.05) is 56.1 Å². The number of hydrogen-bond donors (Lipinski definition) is 2. The fourth-order valence-corrected chi connectivity index (χ4v) is 3.63. The molecule has 2 N–H and O–H groups in total. The number of aromatic nitrogens is 1. The minimum atomic E-state index is -0.146. The Morgan fingerprint density at radius 1 is 1.07 bits per heavy atom. The van der Waals surface area contributed by atoms with E-state index < -0.39 is 0 Å². The summed E-state index contributed by atoms with van der Waals surface area (Å²) in [6.07, 6.45) is 1.85. The second-order valence-electron chi connectivity index (χ2n) is 6.59. The van der Waals surface area contributed by atoms with E-state index in [2.05, 4.69) is 44.6 Å². The van der Waals surface area contributed by atoms with Crippen molar-refractivity contribution in [3.05, 3.63) is 54.2 Å². The molecule has 1 aromatic heterocycles. The van der Waals surface area contributed by atoms with Crippen LogP contribution in [0.15, 0.2) is 53.6 Å². The number of urea groups is 1. The molecule has 0 unspecified atom stereocenters. The number of thioether (sulfide) groups is 1.